The third-order valence-corrected chi connectivity index (χ3v) is 6.49. The summed E-state index contributed by atoms with van der Waals surface area (Å²) in [4.78, 5) is 0. The molecule has 0 N–H and O–H groups in total. The number of hydrogen-bond acceptors (Lipinski definition) is 0. The predicted molar refractivity (Wildman–Crippen MR) is 125 cm³/mol. The molecule has 0 aliphatic heterocycles. The fourth-order valence-corrected chi connectivity index (χ4v) is 4.64. The molecule has 0 atom stereocenters. The molecule has 0 spiro atoms. The lowest BCUT2D eigenvalue weighted by atomic mass is 9.77. The number of aryl methyl sites for hydroxylation is 1. The molecule has 0 saturated heterocycles. The fourth-order valence-electron chi connectivity index (χ4n) is 4.64. The second kappa shape index (κ2) is 9.31. The summed E-state index contributed by atoms with van der Waals surface area (Å²) < 4.78 is 14.5. The van der Waals surface area contributed by atoms with Gasteiger partial charge < -0.3 is 0 Å². The van der Waals surface area contributed by atoms with Crippen LogP contribution in [-0.4, -0.2) is 0 Å². The van der Waals surface area contributed by atoms with Gasteiger partial charge in [0.25, 0.3) is 0 Å². The van der Waals surface area contributed by atoms with E-state index in [2.05, 4.69) is 48.8 Å². The minimum atomic E-state index is -0.108. The molecule has 4 rings (SSSR count). The number of rotatable bonds is 4. The highest BCUT2D eigenvalue weighted by atomic mass is 19.1. The number of fused-ring (bicyclic) bond motifs is 1. The van der Waals surface area contributed by atoms with Crippen molar-refractivity contribution in [3.8, 4) is 11.8 Å². The first-order valence-electron chi connectivity index (χ1n) is 11.1. The van der Waals surface area contributed by atoms with Crippen molar-refractivity contribution in [1.82, 2.24) is 0 Å². The zero-order chi connectivity index (χ0) is 20.9. The molecule has 3 aromatic rings. The maximum absolute atomic E-state index is 14.5. The van der Waals surface area contributed by atoms with Crippen molar-refractivity contribution in [3.05, 3.63) is 95.3 Å². The molecule has 0 bridgehead atoms. The van der Waals surface area contributed by atoms with Crippen LogP contribution in [-0.2, 0) is 6.42 Å². The zero-order valence-electron chi connectivity index (χ0n) is 17.8. The van der Waals surface area contributed by atoms with Crippen LogP contribution < -0.4 is 0 Å². The van der Waals surface area contributed by atoms with Crippen molar-refractivity contribution in [3.63, 3.8) is 0 Å². The monoisotopic (exact) mass is 396 g/mol. The molecular formula is C29H29F. The Bertz CT molecular complexity index is 1090. The van der Waals surface area contributed by atoms with Gasteiger partial charge in [0.2, 0.25) is 0 Å². The number of halogens is 1. The Labute approximate surface area is 179 Å². The smallest absolute Gasteiger partial charge is 0.134 e. The first-order chi connectivity index (χ1) is 14.7. The van der Waals surface area contributed by atoms with Gasteiger partial charge in [-0.15, -0.1) is 6.58 Å². The lowest BCUT2D eigenvalue weighted by Crippen LogP contribution is -2.12. The summed E-state index contributed by atoms with van der Waals surface area (Å²) in [5.74, 6) is 7.90. The summed E-state index contributed by atoms with van der Waals surface area (Å²) in [5.41, 5.74) is 4.13. The van der Waals surface area contributed by atoms with Gasteiger partial charge >= 0.3 is 0 Å². The van der Waals surface area contributed by atoms with E-state index in [1.54, 1.807) is 0 Å². The molecule has 1 fully saturated rings. The Kier molecular flexibility index (Phi) is 6.34. The largest absolute Gasteiger partial charge is 0.206 e. The molecule has 0 amide bonds. The average Bonchev–Trinajstić information content (AvgIpc) is 2.79. The molecule has 1 saturated carbocycles. The maximum Gasteiger partial charge on any atom is 0.134 e. The van der Waals surface area contributed by atoms with Crippen LogP contribution in [0.2, 0.25) is 0 Å². The van der Waals surface area contributed by atoms with E-state index < -0.39 is 0 Å². The van der Waals surface area contributed by atoms with Crippen molar-refractivity contribution in [2.45, 2.75) is 51.4 Å². The Hall–Kier alpha value is -2.85. The van der Waals surface area contributed by atoms with E-state index in [0.717, 1.165) is 34.4 Å². The molecule has 3 aromatic carbocycles. The van der Waals surface area contributed by atoms with Crippen LogP contribution in [0.4, 0.5) is 4.39 Å². The Balaban J connectivity index is 1.46. The Morgan fingerprint density at radius 2 is 1.63 bits per heavy atom. The van der Waals surface area contributed by atoms with Gasteiger partial charge in [-0.2, -0.15) is 0 Å². The van der Waals surface area contributed by atoms with Gasteiger partial charge in [-0.25, -0.2) is 4.39 Å². The third kappa shape index (κ3) is 4.49. The quantitative estimate of drug-likeness (QED) is 0.312. The van der Waals surface area contributed by atoms with Crippen LogP contribution in [0.25, 0.3) is 10.8 Å². The molecule has 1 heteroatoms. The first-order valence-corrected chi connectivity index (χ1v) is 11.1. The molecule has 0 unspecified atom stereocenters. The molecule has 0 nitrogen and oxygen atoms in total. The number of allylic oxidation sites excluding steroid dienone is 1. The van der Waals surface area contributed by atoms with Crippen molar-refractivity contribution >= 4 is 10.8 Å². The SMILES string of the molecule is C=CCC1CCC(c2ccc(C#Cc3ccc4c(F)c(CC)ccc4c3)cc2)CC1. The van der Waals surface area contributed by atoms with E-state index >= 15 is 0 Å². The lowest BCUT2D eigenvalue weighted by Gasteiger charge is -2.28. The summed E-state index contributed by atoms with van der Waals surface area (Å²) in [6, 6.07) is 18.3. The molecule has 0 heterocycles. The molecule has 152 valence electrons. The lowest BCUT2D eigenvalue weighted by molar-refractivity contribution is 0.328. The summed E-state index contributed by atoms with van der Waals surface area (Å²) in [6.07, 6.45) is 9.08. The second-order valence-electron chi connectivity index (χ2n) is 8.44. The molecule has 30 heavy (non-hydrogen) atoms. The normalized spacial score (nSPS) is 18.6. The van der Waals surface area contributed by atoms with Gasteiger partial charge in [-0.05, 0) is 91.1 Å². The van der Waals surface area contributed by atoms with Crippen LogP contribution >= 0.6 is 0 Å². The zero-order valence-corrected chi connectivity index (χ0v) is 17.8. The van der Waals surface area contributed by atoms with Crippen LogP contribution in [0.3, 0.4) is 0 Å². The number of benzene rings is 3. The van der Waals surface area contributed by atoms with E-state index in [1.165, 1.54) is 31.2 Å². The van der Waals surface area contributed by atoms with Crippen LogP contribution in [0.15, 0.2) is 67.3 Å². The predicted octanol–water partition coefficient (Wildman–Crippen LogP) is 7.79. The van der Waals surface area contributed by atoms with Gasteiger partial charge in [0.1, 0.15) is 5.82 Å². The van der Waals surface area contributed by atoms with Gasteiger partial charge in [0.15, 0.2) is 0 Å². The highest BCUT2D eigenvalue weighted by molar-refractivity contribution is 5.85. The van der Waals surface area contributed by atoms with E-state index in [-0.39, 0.29) is 5.82 Å². The molecule has 1 aliphatic rings. The Morgan fingerprint density at radius 1 is 0.933 bits per heavy atom. The summed E-state index contributed by atoms with van der Waals surface area (Å²) in [6.45, 7) is 5.85. The Morgan fingerprint density at radius 3 is 2.33 bits per heavy atom. The number of hydrogen-bond donors (Lipinski definition) is 0. The van der Waals surface area contributed by atoms with E-state index in [0.29, 0.717) is 17.7 Å². The van der Waals surface area contributed by atoms with Crippen molar-refractivity contribution in [2.24, 2.45) is 5.92 Å². The average molecular weight is 397 g/mol. The minimum absolute atomic E-state index is 0.108. The van der Waals surface area contributed by atoms with Gasteiger partial charge in [0, 0.05) is 16.5 Å². The van der Waals surface area contributed by atoms with Gasteiger partial charge in [0.05, 0.1) is 0 Å². The first kappa shape index (κ1) is 20.4. The van der Waals surface area contributed by atoms with Gasteiger partial charge in [-0.3, -0.25) is 0 Å². The van der Waals surface area contributed by atoms with Crippen molar-refractivity contribution in [2.75, 3.05) is 0 Å². The molecule has 0 aromatic heterocycles. The van der Waals surface area contributed by atoms with Crippen LogP contribution in [0.5, 0.6) is 0 Å². The maximum atomic E-state index is 14.5. The van der Waals surface area contributed by atoms with Crippen molar-refractivity contribution < 1.29 is 4.39 Å². The summed E-state index contributed by atoms with van der Waals surface area (Å²) in [7, 11) is 0. The minimum Gasteiger partial charge on any atom is -0.206 e. The van der Waals surface area contributed by atoms with Crippen LogP contribution in [0, 0.1) is 23.6 Å². The standard InChI is InChI=1S/C29H29F/c1-3-5-21-8-13-25(14-9-21)26-15-10-22(11-16-26)6-7-23-12-19-28-27(20-23)18-17-24(4-2)29(28)30/h3,10-12,15-21,25H,1,4-5,8-9,13-14H2,2H3. The summed E-state index contributed by atoms with van der Waals surface area (Å²) in [5, 5.41) is 1.57. The van der Waals surface area contributed by atoms with Gasteiger partial charge in [-0.1, -0.05) is 55.2 Å². The van der Waals surface area contributed by atoms with Crippen LogP contribution in [0.1, 0.15) is 67.2 Å². The highest BCUT2D eigenvalue weighted by Crippen LogP contribution is 2.37. The molecular weight excluding hydrogens is 367 g/mol. The second-order valence-corrected chi connectivity index (χ2v) is 8.44. The summed E-state index contributed by atoms with van der Waals surface area (Å²) >= 11 is 0. The van der Waals surface area contributed by atoms with E-state index in [1.807, 2.05) is 37.3 Å². The van der Waals surface area contributed by atoms with Crippen molar-refractivity contribution in [1.29, 1.82) is 0 Å². The van der Waals surface area contributed by atoms with E-state index in [9.17, 15) is 4.39 Å². The third-order valence-electron chi connectivity index (χ3n) is 6.49. The topological polar surface area (TPSA) is 0 Å². The fraction of sp³-hybridized carbons (Fsp3) is 0.310. The molecule has 0 radical (unpaired) electrons. The molecule has 1 aliphatic carbocycles. The van der Waals surface area contributed by atoms with E-state index in [4.69, 9.17) is 0 Å². The highest BCUT2D eigenvalue weighted by Gasteiger charge is 2.21.